The lowest BCUT2D eigenvalue weighted by Crippen LogP contribution is -2.45. The number of unbranched alkanes of at least 4 members (excludes halogenated alkanes) is 9. The van der Waals surface area contributed by atoms with E-state index in [2.05, 4.69) is 12.2 Å². The normalized spacial score (nSPS) is 27.9. The number of fused-ring (bicyclic) bond motifs is 1. The highest BCUT2D eigenvalue weighted by Crippen LogP contribution is 2.38. The molecule has 0 aromatic carbocycles. The zero-order chi connectivity index (χ0) is 22.7. The summed E-state index contributed by atoms with van der Waals surface area (Å²) in [6, 6.07) is -0.0862. The second-order valence-corrected chi connectivity index (χ2v) is 9.45. The zero-order valence-electron chi connectivity index (χ0n) is 20.1. The third kappa shape index (κ3) is 9.34. The summed E-state index contributed by atoms with van der Waals surface area (Å²) in [6.07, 6.45) is 10.8. The van der Waals surface area contributed by atoms with Gasteiger partial charge in [-0.15, -0.1) is 0 Å². The van der Waals surface area contributed by atoms with E-state index in [-0.39, 0.29) is 24.2 Å². The van der Waals surface area contributed by atoms with E-state index in [9.17, 15) is 9.90 Å². The Kier molecular flexibility index (Phi) is 11.8. The Hall–Kier alpha value is -0.730. The number of ether oxygens (including phenoxy) is 4. The number of rotatable bonds is 16. The second kappa shape index (κ2) is 13.7. The first-order valence-corrected chi connectivity index (χ1v) is 12.4. The van der Waals surface area contributed by atoms with Gasteiger partial charge >= 0.3 is 5.97 Å². The van der Waals surface area contributed by atoms with E-state index < -0.39 is 18.2 Å². The Labute approximate surface area is 188 Å². The highest BCUT2D eigenvalue weighted by Gasteiger charge is 2.56. The molecule has 31 heavy (non-hydrogen) atoms. The Morgan fingerprint density at radius 1 is 1.00 bits per heavy atom. The van der Waals surface area contributed by atoms with Gasteiger partial charge in [-0.2, -0.15) is 0 Å². The predicted octanol–water partition coefficient (Wildman–Crippen LogP) is 4.06. The van der Waals surface area contributed by atoms with Gasteiger partial charge in [-0.3, -0.25) is 4.79 Å². The van der Waals surface area contributed by atoms with Crippen LogP contribution in [0.1, 0.15) is 98.3 Å². The summed E-state index contributed by atoms with van der Waals surface area (Å²) >= 11 is 0. The molecule has 0 amide bonds. The molecule has 0 aromatic heterocycles. The van der Waals surface area contributed by atoms with E-state index in [0.717, 1.165) is 12.8 Å². The molecule has 5 atom stereocenters. The van der Waals surface area contributed by atoms with Gasteiger partial charge in [-0.1, -0.05) is 64.7 Å². The fraction of sp³-hybridized carbons (Fsp3) is 0.958. The first-order valence-electron chi connectivity index (χ1n) is 12.4. The minimum absolute atomic E-state index is 0.0862. The van der Waals surface area contributed by atoms with Gasteiger partial charge in [0, 0.05) is 12.6 Å². The predicted molar refractivity (Wildman–Crippen MR) is 120 cm³/mol. The lowest BCUT2D eigenvalue weighted by molar-refractivity contribution is -0.222. The van der Waals surface area contributed by atoms with Crippen LogP contribution in [0.2, 0.25) is 0 Å². The molecular formula is C24H45NO6. The molecule has 2 saturated heterocycles. The van der Waals surface area contributed by atoms with E-state index in [0.29, 0.717) is 19.6 Å². The molecule has 7 nitrogen and oxygen atoms in total. The van der Waals surface area contributed by atoms with Gasteiger partial charge in [0.1, 0.15) is 18.3 Å². The first-order chi connectivity index (χ1) is 14.8. The number of carbonyl (C=O) groups is 1. The molecule has 2 aliphatic rings. The van der Waals surface area contributed by atoms with Crippen molar-refractivity contribution in [2.24, 2.45) is 0 Å². The van der Waals surface area contributed by atoms with Crippen LogP contribution in [0.25, 0.3) is 0 Å². The van der Waals surface area contributed by atoms with Crippen molar-refractivity contribution in [3.05, 3.63) is 0 Å². The van der Waals surface area contributed by atoms with Crippen LogP contribution in [-0.4, -0.2) is 60.7 Å². The minimum atomic E-state index is -0.993. The molecule has 0 saturated carbocycles. The molecular weight excluding hydrogens is 398 g/mol. The van der Waals surface area contributed by atoms with E-state index >= 15 is 0 Å². The number of aliphatic hydroxyl groups is 1. The van der Waals surface area contributed by atoms with Gasteiger partial charge in [0.25, 0.3) is 0 Å². The Morgan fingerprint density at radius 3 is 2.23 bits per heavy atom. The van der Waals surface area contributed by atoms with Gasteiger partial charge in [0.2, 0.25) is 0 Å². The van der Waals surface area contributed by atoms with Crippen LogP contribution in [-0.2, 0) is 23.7 Å². The number of esters is 1. The van der Waals surface area contributed by atoms with Crippen LogP contribution < -0.4 is 5.32 Å². The monoisotopic (exact) mass is 443 g/mol. The van der Waals surface area contributed by atoms with E-state index in [1.54, 1.807) is 0 Å². The fourth-order valence-electron chi connectivity index (χ4n) is 4.38. The van der Waals surface area contributed by atoms with Crippen LogP contribution in [0, 0.1) is 0 Å². The highest BCUT2D eigenvalue weighted by molar-refractivity contribution is 5.69. The molecule has 0 aromatic rings. The van der Waals surface area contributed by atoms with Gasteiger partial charge in [0.15, 0.2) is 12.1 Å². The smallest absolute Gasteiger partial charge is 0.307 e. The van der Waals surface area contributed by atoms with Crippen LogP contribution in [0.15, 0.2) is 0 Å². The number of nitrogens with one attached hydrogen (secondary N) is 1. The summed E-state index contributed by atoms with van der Waals surface area (Å²) in [7, 11) is 0. The average molecular weight is 444 g/mol. The summed E-state index contributed by atoms with van der Waals surface area (Å²) in [5, 5.41) is 13.4. The first kappa shape index (κ1) is 26.5. The van der Waals surface area contributed by atoms with Crippen molar-refractivity contribution in [3.63, 3.8) is 0 Å². The molecule has 2 fully saturated rings. The maximum Gasteiger partial charge on any atom is 0.307 e. The van der Waals surface area contributed by atoms with Crippen molar-refractivity contribution in [3.8, 4) is 0 Å². The Morgan fingerprint density at radius 2 is 1.58 bits per heavy atom. The van der Waals surface area contributed by atoms with E-state index in [1.807, 2.05) is 20.8 Å². The topological polar surface area (TPSA) is 86.3 Å². The number of hydrogen-bond donors (Lipinski definition) is 2. The molecule has 182 valence electrons. The molecule has 2 N–H and O–H groups in total. The molecule has 2 heterocycles. The van der Waals surface area contributed by atoms with Crippen LogP contribution in [0.3, 0.4) is 0 Å². The fourth-order valence-corrected chi connectivity index (χ4v) is 4.38. The van der Waals surface area contributed by atoms with Crippen molar-refractivity contribution >= 4 is 5.97 Å². The highest BCUT2D eigenvalue weighted by atomic mass is 16.8. The van der Waals surface area contributed by atoms with Crippen LogP contribution in [0.5, 0.6) is 0 Å². The number of aliphatic hydroxyl groups excluding tert-OH is 1. The molecule has 0 bridgehead atoms. The molecule has 2 rings (SSSR count). The zero-order valence-corrected chi connectivity index (χ0v) is 20.1. The number of carbonyl (C=O) groups excluding carboxylic acids is 1. The van der Waals surface area contributed by atoms with Gasteiger partial charge in [-0.25, -0.2) is 0 Å². The molecule has 0 aliphatic carbocycles. The van der Waals surface area contributed by atoms with Crippen molar-refractivity contribution in [1.82, 2.24) is 5.32 Å². The number of hydrogen-bond acceptors (Lipinski definition) is 7. The van der Waals surface area contributed by atoms with Crippen LogP contribution in [0.4, 0.5) is 0 Å². The maximum absolute atomic E-state index is 11.9. The van der Waals surface area contributed by atoms with E-state index in [1.165, 1.54) is 51.4 Å². The summed E-state index contributed by atoms with van der Waals surface area (Å²) in [6.45, 7) is 8.87. The van der Waals surface area contributed by atoms with Gasteiger partial charge in [0.05, 0.1) is 13.0 Å². The molecule has 0 radical (unpaired) electrons. The SMILES string of the molecule is CCCCCCCCCCCCOC(=O)CCN[C@@H](C)[C@H]1O[C@H](O)[C@H]2OC(C)(C)O[C@@H]12. The summed E-state index contributed by atoms with van der Waals surface area (Å²) in [4.78, 5) is 11.9. The van der Waals surface area contributed by atoms with Crippen LogP contribution >= 0.6 is 0 Å². The van der Waals surface area contributed by atoms with Crippen molar-refractivity contribution < 1.29 is 28.8 Å². The minimum Gasteiger partial charge on any atom is -0.466 e. The lowest BCUT2D eigenvalue weighted by atomic mass is 10.1. The third-order valence-electron chi connectivity index (χ3n) is 6.11. The Bertz CT molecular complexity index is 514. The molecule has 2 aliphatic heterocycles. The van der Waals surface area contributed by atoms with Crippen molar-refractivity contribution in [1.29, 1.82) is 0 Å². The second-order valence-electron chi connectivity index (χ2n) is 9.45. The summed E-state index contributed by atoms with van der Waals surface area (Å²) in [5.74, 6) is -0.904. The third-order valence-corrected chi connectivity index (χ3v) is 6.11. The van der Waals surface area contributed by atoms with Gasteiger partial charge < -0.3 is 29.4 Å². The largest absolute Gasteiger partial charge is 0.466 e. The standard InChI is InChI=1S/C24H45NO6/c1-5-6-7-8-9-10-11-12-13-14-17-28-19(26)15-16-25-18(2)20-21-22(23(27)29-20)31-24(3,4)30-21/h18,20-23,25,27H,5-17H2,1-4H3/t18-,20+,21-,22-,23-/m0/s1. The maximum atomic E-state index is 11.9. The average Bonchev–Trinajstić information content (AvgIpc) is 3.19. The van der Waals surface area contributed by atoms with Crippen molar-refractivity contribution in [2.75, 3.05) is 13.2 Å². The van der Waals surface area contributed by atoms with Gasteiger partial charge in [-0.05, 0) is 27.2 Å². The van der Waals surface area contributed by atoms with Crippen molar-refractivity contribution in [2.45, 2.75) is 135 Å². The summed E-state index contributed by atoms with van der Waals surface area (Å²) in [5.41, 5.74) is 0. The quantitative estimate of drug-likeness (QED) is 0.275. The lowest BCUT2D eigenvalue weighted by Gasteiger charge is -2.26. The Balaban J connectivity index is 1.46. The molecule has 7 heteroatoms. The molecule has 0 unspecified atom stereocenters. The summed E-state index contributed by atoms with van der Waals surface area (Å²) < 4.78 is 22.6. The van der Waals surface area contributed by atoms with E-state index in [4.69, 9.17) is 18.9 Å². The molecule has 0 spiro atoms.